The van der Waals surface area contributed by atoms with Crippen LogP contribution >= 0.6 is 11.6 Å². The van der Waals surface area contributed by atoms with E-state index in [1.54, 1.807) is 6.07 Å². The maximum Gasteiger partial charge on any atom is 0.251 e. The van der Waals surface area contributed by atoms with Crippen LogP contribution in [-0.4, -0.2) is 37.0 Å². The van der Waals surface area contributed by atoms with E-state index in [1.165, 1.54) is 24.9 Å². The predicted molar refractivity (Wildman–Crippen MR) is 114 cm³/mol. The minimum Gasteiger partial charge on any atom is -0.492 e. The molecule has 1 aliphatic rings. The number of benzene rings is 2. The third-order valence-electron chi connectivity index (χ3n) is 5.16. The number of hydrogen-bond donors (Lipinski definition) is 1. The first-order valence-corrected chi connectivity index (χ1v) is 10.4. The molecule has 0 aliphatic carbocycles. The summed E-state index contributed by atoms with van der Waals surface area (Å²) in [7, 11) is 0. The van der Waals surface area contributed by atoms with Crippen LogP contribution < -0.4 is 10.1 Å². The lowest BCUT2D eigenvalue weighted by Crippen LogP contribution is -2.33. The number of nitrogens with zero attached hydrogens (tertiary/aromatic N) is 1. The Kier molecular flexibility index (Phi) is 7.35. The molecular formula is C23H29ClN2O2. The first-order chi connectivity index (χ1) is 13.5. The number of ether oxygens (including phenoxy) is 1. The van der Waals surface area contributed by atoms with Crippen LogP contribution in [0.5, 0.6) is 5.75 Å². The molecule has 150 valence electrons. The van der Waals surface area contributed by atoms with Crippen molar-refractivity contribution in [2.24, 2.45) is 5.92 Å². The maximum absolute atomic E-state index is 12.3. The van der Waals surface area contributed by atoms with Crippen molar-refractivity contribution in [3.63, 3.8) is 0 Å². The van der Waals surface area contributed by atoms with E-state index in [0.717, 1.165) is 24.6 Å². The van der Waals surface area contributed by atoms with Crippen molar-refractivity contribution < 1.29 is 9.53 Å². The molecule has 0 radical (unpaired) electrons. The van der Waals surface area contributed by atoms with Crippen LogP contribution in [0.4, 0.5) is 0 Å². The van der Waals surface area contributed by atoms with Crippen LogP contribution in [0.1, 0.15) is 41.3 Å². The number of amides is 1. The van der Waals surface area contributed by atoms with Gasteiger partial charge in [-0.2, -0.15) is 0 Å². The summed E-state index contributed by atoms with van der Waals surface area (Å²) in [4.78, 5) is 14.8. The first-order valence-electron chi connectivity index (χ1n) is 9.99. The highest BCUT2D eigenvalue weighted by Crippen LogP contribution is 2.21. The molecule has 3 rings (SSSR count). The molecule has 1 N–H and O–H groups in total. The van der Waals surface area contributed by atoms with E-state index in [-0.39, 0.29) is 5.91 Å². The van der Waals surface area contributed by atoms with Crippen molar-refractivity contribution in [3.8, 4) is 5.75 Å². The van der Waals surface area contributed by atoms with E-state index < -0.39 is 0 Å². The molecule has 0 aromatic heterocycles. The number of nitrogens with one attached hydrogen (secondary N) is 1. The zero-order valence-corrected chi connectivity index (χ0v) is 17.5. The summed E-state index contributed by atoms with van der Waals surface area (Å²) in [5, 5.41) is 3.58. The predicted octanol–water partition coefficient (Wildman–Crippen LogP) is 4.69. The molecule has 2 aromatic carbocycles. The lowest BCUT2D eigenvalue weighted by molar-refractivity contribution is 0.0947. The Morgan fingerprint density at radius 1 is 1.25 bits per heavy atom. The zero-order valence-electron chi connectivity index (χ0n) is 16.7. The number of hydrogen-bond acceptors (Lipinski definition) is 3. The van der Waals surface area contributed by atoms with E-state index in [0.29, 0.717) is 29.5 Å². The SMILES string of the molecule is Cc1ccc(OCCNC(=O)c2ccc(CN3CCC[C@@H](C)C3)cc2)cc1Cl. The van der Waals surface area contributed by atoms with Crippen molar-refractivity contribution in [1.29, 1.82) is 0 Å². The van der Waals surface area contributed by atoms with E-state index >= 15 is 0 Å². The molecule has 2 aromatic rings. The van der Waals surface area contributed by atoms with Gasteiger partial charge < -0.3 is 10.1 Å². The lowest BCUT2D eigenvalue weighted by atomic mass is 9.99. The Bertz CT molecular complexity index is 792. The number of carbonyl (C=O) groups excluding carboxylic acids is 1. The highest BCUT2D eigenvalue weighted by Gasteiger charge is 2.16. The number of rotatable bonds is 7. The number of likely N-dealkylation sites (tertiary alicyclic amines) is 1. The molecule has 0 saturated carbocycles. The normalized spacial score (nSPS) is 17.3. The van der Waals surface area contributed by atoms with Gasteiger partial charge >= 0.3 is 0 Å². The summed E-state index contributed by atoms with van der Waals surface area (Å²) < 4.78 is 5.64. The summed E-state index contributed by atoms with van der Waals surface area (Å²) >= 11 is 6.09. The highest BCUT2D eigenvalue weighted by atomic mass is 35.5. The highest BCUT2D eigenvalue weighted by molar-refractivity contribution is 6.31. The van der Waals surface area contributed by atoms with Crippen molar-refractivity contribution in [2.75, 3.05) is 26.2 Å². The average Bonchev–Trinajstić information content (AvgIpc) is 2.68. The van der Waals surface area contributed by atoms with Crippen LogP contribution in [-0.2, 0) is 6.54 Å². The van der Waals surface area contributed by atoms with Crippen LogP contribution in [0.25, 0.3) is 0 Å². The van der Waals surface area contributed by atoms with Gasteiger partial charge in [-0.25, -0.2) is 0 Å². The summed E-state index contributed by atoms with van der Waals surface area (Å²) in [5.74, 6) is 1.40. The Morgan fingerprint density at radius 2 is 2.04 bits per heavy atom. The van der Waals surface area contributed by atoms with E-state index in [2.05, 4.69) is 29.3 Å². The molecule has 28 heavy (non-hydrogen) atoms. The third kappa shape index (κ3) is 5.98. The van der Waals surface area contributed by atoms with Crippen molar-refractivity contribution in [3.05, 3.63) is 64.2 Å². The second kappa shape index (κ2) is 9.94. The van der Waals surface area contributed by atoms with Crippen molar-refractivity contribution in [1.82, 2.24) is 10.2 Å². The van der Waals surface area contributed by atoms with Crippen LogP contribution in [0.15, 0.2) is 42.5 Å². The monoisotopic (exact) mass is 400 g/mol. The second-order valence-corrected chi connectivity index (χ2v) is 8.10. The van der Waals surface area contributed by atoms with E-state index in [9.17, 15) is 4.79 Å². The third-order valence-corrected chi connectivity index (χ3v) is 5.57. The van der Waals surface area contributed by atoms with Crippen LogP contribution in [0.2, 0.25) is 5.02 Å². The van der Waals surface area contributed by atoms with Gasteiger partial charge in [0.2, 0.25) is 0 Å². The topological polar surface area (TPSA) is 41.6 Å². The Labute approximate surface area is 172 Å². The molecule has 1 atom stereocenters. The van der Waals surface area contributed by atoms with Gasteiger partial charge in [0, 0.05) is 23.7 Å². The van der Waals surface area contributed by atoms with Gasteiger partial charge in [-0.3, -0.25) is 9.69 Å². The molecule has 5 heteroatoms. The molecule has 4 nitrogen and oxygen atoms in total. The molecule has 1 heterocycles. The average molecular weight is 401 g/mol. The van der Waals surface area contributed by atoms with E-state index in [4.69, 9.17) is 16.3 Å². The Morgan fingerprint density at radius 3 is 2.75 bits per heavy atom. The second-order valence-electron chi connectivity index (χ2n) is 7.69. The Hall–Kier alpha value is -2.04. The lowest BCUT2D eigenvalue weighted by Gasteiger charge is -2.30. The van der Waals surface area contributed by atoms with Gasteiger partial charge in [-0.1, -0.05) is 36.7 Å². The Balaban J connectivity index is 1.42. The summed E-state index contributed by atoms with van der Waals surface area (Å²) in [5.41, 5.74) is 2.94. The van der Waals surface area contributed by atoms with Crippen LogP contribution in [0, 0.1) is 12.8 Å². The van der Waals surface area contributed by atoms with Gasteiger partial charge in [0.25, 0.3) is 5.91 Å². The fourth-order valence-electron chi connectivity index (χ4n) is 3.55. The van der Waals surface area contributed by atoms with Gasteiger partial charge in [0.15, 0.2) is 0 Å². The molecular weight excluding hydrogens is 372 g/mol. The van der Waals surface area contributed by atoms with Gasteiger partial charge in [0.05, 0.1) is 6.54 Å². The molecule has 1 fully saturated rings. The van der Waals surface area contributed by atoms with Crippen molar-refractivity contribution in [2.45, 2.75) is 33.2 Å². The first kappa shape index (κ1) is 20.7. The summed E-state index contributed by atoms with van der Waals surface area (Å²) in [6.07, 6.45) is 2.61. The van der Waals surface area contributed by atoms with E-state index in [1.807, 2.05) is 31.2 Å². The molecule has 0 bridgehead atoms. The number of piperidine rings is 1. The van der Waals surface area contributed by atoms with Crippen LogP contribution in [0.3, 0.4) is 0 Å². The molecule has 0 spiro atoms. The number of halogens is 1. The molecule has 0 unspecified atom stereocenters. The van der Waals surface area contributed by atoms with Gasteiger partial charge in [-0.15, -0.1) is 0 Å². The quantitative estimate of drug-likeness (QED) is 0.685. The molecule has 1 amide bonds. The maximum atomic E-state index is 12.3. The summed E-state index contributed by atoms with van der Waals surface area (Å²) in [6, 6.07) is 13.5. The summed E-state index contributed by atoms with van der Waals surface area (Å²) in [6.45, 7) is 8.39. The minimum absolute atomic E-state index is 0.0799. The van der Waals surface area contributed by atoms with Gasteiger partial charge in [-0.05, 0) is 67.6 Å². The smallest absolute Gasteiger partial charge is 0.251 e. The number of carbonyl (C=O) groups is 1. The minimum atomic E-state index is -0.0799. The molecule has 1 aliphatic heterocycles. The fourth-order valence-corrected chi connectivity index (χ4v) is 3.72. The van der Waals surface area contributed by atoms with Crippen molar-refractivity contribution >= 4 is 17.5 Å². The fraction of sp³-hybridized carbons (Fsp3) is 0.435. The standard InChI is InChI=1S/C23H29ClN2O2/c1-17-4-3-12-26(15-17)16-19-6-8-20(9-7-19)23(27)25-11-13-28-21-10-5-18(2)22(24)14-21/h5-10,14,17H,3-4,11-13,15-16H2,1-2H3,(H,25,27)/t17-/m1/s1. The van der Waals surface area contributed by atoms with Gasteiger partial charge in [0.1, 0.15) is 12.4 Å². The molecule has 1 saturated heterocycles. The largest absolute Gasteiger partial charge is 0.492 e. The zero-order chi connectivity index (χ0) is 19.9. The number of aryl methyl sites for hydroxylation is 1.